The Balaban J connectivity index is 1.77. The van der Waals surface area contributed by atoms with Crippen molar-refractivity contribution in [2.24, 2.45) is 0 Å². The van der Waals surface area contributed by atoms with Gasteiger partial charge in [0.2, 0.25) is 0 Å². The number of nitrogens with two attached hydrogens (primary N) is 1. The molecule has 1 aliphatic rings. The molecule has 0 radical (unpaired) electrons. The Morgan fingerprint density at radius 1 is 1.65 bits per heavy atom. The second-order valence-corrected chi connectivity index (χ2v) is 6.33. The van der Waals surface area contributed by atoms with Gasteiger partial charge in [-0.15, -0.1) is 6.42 Å². The van der Waals surface area contributed by atoms with Crippen molar-refractivity contribution in [3.8, 4) is 12.3 Å². The maximum absolute atomic E-state index is 13.5. The van der Waals surface area contributed by atoms with E-state index in [2.05, 4.69) is 26.2 Å². The molecule has 1 saturated heterocycles. The number of alkyl carbamates (subject to hydrolysis) is 1. The molecule has 3 N–H and O–H groups in total. The number of ether oxygens (including phenoxy) is 2. The molecule has 0 bridgehead atoms. The summed E-state index contributed by atoms with van der Waals surface area (Å²) in [5.74, 6) is 2.50. The highest BCUT2D eigenvalue weighted by Gasteiger charge is 2.41. The van der Waals surface area contributed by atoms with Crippen LogP contribution in [0.2, 0.25) is 0 Å². The number of carbonyl (C=O) groups is 1. The zero-order chi connectivity index (χ0) is 18.9. The van der Waals surface area contributed by atoms with E-state index in [1.807, 2.05) is 13.8 Å². The predicted molar refractivity (Wildman–Crippen MR) is 90.2 cm³/mol. The quantitative estimate of drug-likeness (QED) is 0.623. The molecule has 2 atom stereocenters. The highest BCUT2D eigenvalue weighted by molar-refractivity contribution is 5.81. The van der Waals surface area contributed by atoms with Gasteiger partial charge in [-0.05, 0) is 26.7 Å². The van der Waals surface area contributed by atoms with E-state index >= 15 is 0 Å². The number of carbonyl (C=O) groups excluding carboxylic acids is 1. The van der Waals surface area contributed by atoms with Gasteiger partial charge in [-0.2, -0.15) is 14.4 Å². The summed E-state index contributed by atoms with van der Waals surface area (Å²) >= 11 is 0. The van der Waals surface area contributed by atoms with Crippen molar-refractivity contribution in [1.29, 1.82) is 0 Å². The molecule has 1 fully saturated rings. The van der Waals surface area contributed by atoms with Crippen LogP contribution in [0.1, 0.15) is 32.9 Å². The van der Waals surface area contributed by atoms with Crippen LogP contribution >= 0.6 is 0 Å². The number of nitrogens with one attached hydrogen (secondary N) is 1. The Morgan fingerprint density at radius 3 is 3.12 bits per heavy atom. The summed E-state index contributed by atoms with van der Waals surface area (Å²) in [4.78, 5) is 23.0. The van der Waals surface area contributed by atoms with Gasteiger partial charge < -0.3 is 20.5 Å². The van der Waals surface area contributed by atoms with Gasteiger partial charge in [0.05, 0.1) is 6.33 Å². The first kappa shape index (κ1) is 17.9. The normalized spacial score (nSPS) is 22.5. The second kappa shape index (κ2) is 6.76. The van der Waals surface area contributed by atoms with Crippen LogP contribution < -0.4 is 11.1 Å². The Morgan fingerprint density at radius 2 is 2.42 bits per heavy atom. The van der Waals surface area contributed by atoms with Crippen molar-refractivity contribution in [3.05, 3.63) is 12.4 Å². The number of amides is 1. The maximum atomic E-state index is 13.5. The number of imidazole rings is 1. The maximum Gasteiger partial charge on any atom is 0.407 e. The third kappa shape index (κ3) is 3.39. The SMILES string of the molecule is C#CC1(COC(=O)NC(C)C)CCC(n2cnc3c(N)nc(F)nc32)O1. The second-order valence-electron chi connectivity index (χ2n) is 6.33. The van der Waals surface area contributed by atoms with E-state index in [0.717, 1.165) is 0 Å². The van der Waals surface area contributed by atoms with Gasteiger partial charge in [-0.3, -0.25) is 4.57 Å². The summed E-state index contributed by atoms with van der Waals surface area (Å²) in [7, 11) is 0. The summed E-state index contributed by atoms with van der Waals surface area (Å²) in [6.45, 7) is 3.53. The summed E-state index contributed by atoms with van der Waals surface area (Å²) < 4.78 is 26.2. The first-order valence-electron chi connectivity index (χ1n) is 8.08. The average Bonchev–Trinajstić information content (AvgIpc) is 3.17. The molecule has 3 rings (SSSR count). The van der Waals surface area contributed by atoms with Gasteiger partial charge >= 0.3 is 12.2 Å². The van der Waals surface area contributed by atoms with Gasteiger partial charge in [-0.25, -0.2) is 9.78 Å². The minimum absolute atomic E-state index is 0.0545. The first-order valence-corrected chi connectivity index (χ1v) is 8.08. The van der Waals surface area contributed by atoms with Crippen LogP contribution in [0.25, 0.3) is 11.2 Å². The number of anilines is 1. The van der Waals surface area contributed by atoms with Gasteiger partial charge in [0, 0.05) is 6.04 Å². The minimum Gasteiger partial charge on any atom is -0.445 e. The number of terminal acetylenes is 1. The summed E-state index contributed by atoms with van der Waals surface area (Å²) in [6, 6.07) is -0.0566. The van der Waals surface area contributed by atoms with Crippen LogP contribution in [0.3, 0.4) is 0 Å². The number of nitrogens with zero attached hydrogens (tertiary/aromatic N) is 4. The Labute approximate surface area is 149 Å². The van der Waals surface area contributed by atoms with Crippen molar-refractivity contribution in [1.82, 2.24) is 24.8 Å². The average molecular weight is 362 g/mol. The van der Waals surface area contributed by atoms with Crippen molar-refractivity contribution in [3.63, 3.8) is 0 Å². The van der Waals surface area contributed by atoms with E-state index < -0.39 is 24.0 Å². The van der Waals surface area contributed by atoms with Gasteiger partial charge in [0.25, 0.3) is 0 Å². The largest absolute Gasteiger partial charge is 0.445 e. The molecule has 0 aliphatic carbocycles. The molecule has 2 aromatic rings. The fourth-order valence-electron chi connectivity index (χ4n) is 2.77. The molecule has 9 nitrogen and oxygen atoms in total. The Bertz CT molecular complexity index is 877. The van der Waals surface area contributed by atoms with Crippen molar-refractivity contribution < 1.29 is 18.7 Å². The molecule has 0 aromatic carbocycles. The lowest BCUT2D eigenvalue weighted by Gasteiger charge is -2.24. The summed E-state index contributed by atoms with van der Waals surface area (Å²) in [5, 5.41) is 2.61. The van der Waals surface area contributed by atoms with Crippen molar-refractivity contribution in [2.45, 2.75) is 44.6 Å². The molecule has 2 aromatic heterocycles. The topological polar surface area (TPSA) is 117 Å². The number of halogens is 1. The van der Waals surface area contributed by atoms with Gasteiger partial charge in [0.1, 0.15) is 12.8 Å². The van der Waals surface area contributed by atoms with Crippen LogP contribution in [-0.4, -0.2) is 43.9 Å². The molecule has 0 spiro atoms. The summed E-state index contributed by atoms with van der Waals surface area (Å²) in [5.41, 5.74) is 5.08. The highest BCUT2D eigenvalue weighted by Crippen LogP contribution is 2.37. The van der Waals surface area contributed by atoms with E-state index in [4.69, 9.17) is 21.6 Å². The molecular formula is C16H19FN6O3. The Kier molecular flexibility index (Phi) is 4.65. The van der Waals surface area contributed by atoms with Gasteiger partial charge in [0.15, 0.2) is 22.6 Å². The van der Waals surface area contributed by atoms with Crippen LogP contribution in [-0.2, 0) is 9.47 Å². The monoisotopic (exact) mass is 362 g/mol. The van der Waals surface area contributed by atoms with Crippen LogP contribution in [0.5, 0.6) is 0 Å². The van der Waals surface area contributed by atoms with Crippen LogP contribution in [0, 0.1) is 18.4 Å². The molecular weight excluding hydrogens is 343 g/mol. The number of aromatic nitrogens is 4. The Hall–Kier alpha value is -2.93. The molecule has 1 amide bonds. The number of hydrogen-bond donors (Lipinski definition) is 2. The van der Waals surface area contributed by atoms with E-state index in [9.17, 15) is 9.18 Å². The predicted octanol–water partition coefficient (Wildman–Crippen LogP) is 1.36. The third-order valence-electron chi connectivity index (χ3n) is 3.99. The molecule has 2 unspecified atom stereocenters. The number of rotatable bonds is 4. The molecule has 26 heavy (non-hydrogen) atoms. The fraction of sp³-hybridized carbons (Fsp3) is 0.500. The van der Waals surface area contributed by atoms with E-state index in [1.54, 1.807) is 4.57 Å². The van der Waals surface area contributed by atoms with E-state index in [1.165, 1.54) is 6.33 Å². The molecule has 3 heterocycles. The zero-order valence-corrected chi connectivity index (χ0v) is 14.4. The number of hydrogen-bond acceptors (Lipinski definition) is 7. The molecule has 1 aliphatic heterocycles. The van der Waals surface area contributed by atoms with Crippen molar-refractivity contribution in [2.75, 3.05) is 12.3 Å². The lowest BCUT2D eigenvalue weighted by Crippen LogP contribution is -2.38. The lowest BCUT2D eigenvalue weighted by molar-refractivity contribution is -0.0645. The molecule has 0 saturated carbocycles. The number of nitrogen functional groups attached to an aromatic ring is 1. The smallest absolute Gasteiger partial charge is 0.407 e. The van der Waals surface area contributed by atoms with Crippen molar-refractivity contribution >= 4 is 23.1 Å². The first-order chi connectivity index (χ1) is 12.3. The van der Waals surface area contributed by atoms with Crippen LogP contribution in [0.4, 0.5) is 15.0 Å². The molecule has 10 heteroatoms. The van der Waals surface area contributed by atoms with E-state index in [0.29, 0.717) is 12.8 Å². The molecule has 138 valence electrons. The minimum atomic E-state index is -1.08. The van der Waals surface area contributed by atoms with Gasteiger partial charge in [-0.1, -0.05) is 5.92 Å². The highest BCUT2D eigenvalue weighted by atomic mass is 19.1. The third-order valence-corrected chi connectivity index (χ3v) is 3.99. The summed E-state index contributed by atoms with van der Waals surface area (Å²) in [6.07, 6.45) is 5.95. The van der Waals surface area contributed by atoms with E-state index in [-0.39, 0.29) is 29.6 Å². The fourth-order valence-corrected chi connectivity index (χ4v) is 2.77. The van der Waals surface area contributed by atoms with Crippen LogP contribution in [0.15, 0.2) is 6.33 Å². The number of fused-ring (bicyclic) bond motifs is 1. The zero-order valence-electron chi connectivity index (χ0n) is 14.4. The standard InChI is InChI=1S/C16H19FN6O3/c1-4-16(7-25-15(24)20-9(2)3)6-5-10(26-16)23-8-19-11-12(18)21-14(17)22-13(11)23/h1,8-10H,5-7H2,2-3H3,(H,20,24)(H2,18,21,22). The lowest BCUT2D eigenvalue weighted by atomic mass is 10.0.